The molecule has 5 rings (SSSR count). The zero-order valence-electron chi connectivity index (χ0n) is 15.7. The van der Waals surface area contributed by atoms with Gasteiger partial charge < -0.3 is 4.42 Å². The molecule has 0 amide bonds. The highest BCUT2D eigenvalue weighted by Gasteiger charge is 2.22. The molecule has 1 aliphatic carbocycles. The fourth-order valence-electron chi connectivity index (χ4n) is 3.79. The number of carbonyl (C=O) groups is 1. The van der Waals surface area contributed by atoms with E-state index in [4.69, 9.17) is 9.40 Å². The summed E-state index contributed by atoms with van der Waals surface area (Å²) in [6.07, 6.45) is 4.31. The van der Waals surface area contributed by atoms with Crippen molar-refractivity contribution in [2.45, 2.75) is 30.8 Å². The number of nitrogens with one attached hydrogen (secondary N) is 1. The maximum Gasteiger partial charge on any atom is 0.417 e. The van der Waals surface area contributed by atoms with Crippen LogP contribution in [-0.2, 0) is 12.8 Å². The molecular formula is C22H19N3O3S. The molecule has 2 heterocycles. The average Bonchev–Trinajstić information content (AvgIpc) is 3.31. The van der Waals surface area contributed by atoms with Gasteiger partial charge in [0.05, 0.1) is 17.0 Å². The lowest BCUT2D eigenvalue weighted by molar-refractivity contribution is 0.102. The highest BCUT2D eigenvalue weighted by Crippen LogP contribution is 2.31. The predicted molar refractivity (Wildman–Crippen MR) is 112 cm³/mol. The van der Waals surface area contributed by atoms with Crippen LogP contribution >= 0.6 is 11.8 Å². The summed E-state index contributed by atoms with van der Waals surface area (Å²) < 4.78 is 7.26. The Balaban J connectivity index is 1.43. The van der Waals surface area contributed by atoms with Crippen molar-refractivity contribution in [1.82, 2.24) is 14.5 Å². The number of para-hydroxylation sites is 1. The first-order valence-corrected chi connectivity index (χ1v) is 10.6. The maximum absolute atomic E-state index is 12.8. The predicted octanol–water partition coefficient (Wildman–Crippen LogP) is 4.16. The van der Waals surface area contributed by atoms with Crippen molar-refractivity contribution in [3.05, 3.63) is 76.0 Å². The van der Waals surface area contributed by atoms with Gasteiger partial charge in [0.1, 0.15) is 0 Å². The molecule has 0 unspecified atom stereocenters. The van der Waals surface area contributed by atoms with Crippen LogP contribution in [0.15, 0.2) is 62.9 Å². The van der Waals surface area contributed by atoms with Crippen molar-refractivity contribution in [2.24, 2.45) is 0 Å². The van der Waals surface area contributed by atoms with E-state index >= 15 is 0 Å². The Kier molecular flexibility index (Phi) is 4.60. The van der Waals surface area contributed by atoms with Gasteiger partial charge in [-0.2, -0.15) is 0 Å². The van der Waals surface area contributed by atoms with Crippen LogP contribution in [0.4, 0.5) is 0 Å². The molecule has 2 aromatic carbocycles. The maximum atomic E-state index is 12.8. The smallest absolute Gasteiger partial charge is 0.408 e. The number of oxazole rings is 1. The molecule has 0 saturated heterocycles. The standard InChI is InChI=1S/C22H19N3O3S/c26-19(14-10-11-17-20(12-14)28-22(27)24-17)13-29-21-23-16-8-4-5-9-18(16)25(21)15-6-2-1-3-7-15/h1-3,6-7,10-12H,4-5,8-9,13H2,(H,24,27). The Morgan fingerprint density at radius 2 is 1.97 bits per heavy atom. The molecular weight excluding hydrogens is 386 g/mol. The molecule has 0 aliphatic heterocycles. The molecule has 0 saturated carbocycles. The van der Waals surface area contributed by atoms with Gasteiger partial charge in [0.2, 0.25) is 0 Å². The molecule has 146 valence electrons. The van der Waals surface area contributed by atoms with E-state index in [0.717, 1.165) is 42.2 Å². The third-order valence-electron chi connectivity index (χ3n) is 5.19. The number of hydrogen-bond donors (Lipinski definition) is 1. The van der Waals surface area contributed by atoms with E-state index in [1.165, 1.54) is 17.5 Å². The molecule has 1 N–H and O–H groups in total. The number of fused-ring (bicyclic) bond motifs is 2. The molecule has 1 aliphatic rings. The van der Waals surface area contributed by atoms with Gasteiger partial charge in [-0.25, -0.2) is 9.78 Å². The van der Waals surface area contributed by atoms with Crippen LogP contribution in [-0.4, -0.2) is 26.1 Å². The first-order valence-electron chi connectivity index (χ1n) is 9.64. The van der Waals surface area contributed by atoms with Crippen LogP contribution in [0.2, 0.25) is 0 Å². The van der Waals surface area contributed by atoms with Gasteiger partial charge in [0.15, 0.2) is 16.5 Å². The number of imidazole rings is 1. The van der Waals surface area contributed by atoms with E-state index in [1.54, 1.807) is 18.2 Å². The number of benzene rings is 2. The number of H-pyrrole nitrogens is 1. The summed E-state index contributed by atoms with van der Waals surface area (Å²) in [5.41, 5.74) is 4.99. The van der Waals surface area contributed by atoms with Crippen LogP contribution in [0.1, 0.15) is 34.6 Å². The van der Waals surface area contributed by atoms with Crippen LogP contribution < -0.4 is 5.76 Å². The number of carbonyl (C=O) groups excluding carboxylic acids is 1. The number of nitrogens with zero attached hydrogens (tertiary/aromatic N) is 2. The Morgan fingerprint density at radius 3 is 2.83 bits per heavy atom. The highest BCUT2D eigenvalue weighted by molar-refractivity contribution is 7.99. The van der Waals surface area contributed by atoms with Gasteiger partial charge in [0, 0.05) is 16.9 Å². The number of thioether (sulfide) groups is 1. The zero-order chi connectivity index (χ0) is 19.8. The molecule has 29 heavy (non-hydrogen) atoms. The monoisotopic (exact) mass is 405 g/mol. The number of ketones is 1. The summed E-state index contributed by atoms with van der Waals surface area (Å²) in [7, 11) is 0. The molecule has 0 fully saturated rings. The van der Waals surface area contributed by atoms with Crippen molar-refractivity contribution < 1.29 is 9.21 Å². The quantitative estimate of drug-likeness (QED) is 0.398. The first-order chi connectivity index (χ1) is 14.2. The Labute approximate surface area is 171 Å². The van der Waals surface area contributed by atoms with Crippen molar-refractivity contribution in [3.8, 4) is 5.69 Å². The minimum Gasteiger partial charge on any atom is -0.408 e. The normalized spacial score (nSPS) is 13.5. The number of rotatable bonds is 5. The fourth-order valence-corrected chi connectivity index (χ4v) is 4.73. The zero-order valence-corrected chi connectivity index (χ0v) is 16.5. The second-order valence-corrected chi connectivity index (χ2v) is 8.05. The number of aromatic amines is 1. The van der Waals surface area contributed by atoms with E-state index in [2.05, 4.69) is 21.7 Å². The number of Topliss-reactive ketones (excluding diaryl/α,β-unsaturated/α-hetero) is 1. The Hall–Kier alpha value is -3.06. The van der Waals surface area contributed by atoms with Crippen LogP contribution in [0, 0.1) is 0 Å². The Morgan fingerprint density at radius 1 is 1.14 bits per heavy atom. The van der Waals surface area contributed by atoms with Crippen molar-refractivity contribution >= 4 is 28.6 Å². The number of hydrogen-bond acceptors (Lipinski definition) is 5. The van der Waals surface area contributed by atoms with Crippen LogP contribution in [0.5, 0.6) is 0 Å². The molecule has 0 radical (unpaired) electrons. The summed E-state index contributed by atoms with van der Waals surface area (Å²) in [4.78, 5) is 31.5. The molecule has 7 heteroatoms. The van der Waals surface area contributed by atoms with Gasteiger partial charge in [-0.05, 0) is 56.0 Å². The second-order valence-electron chi connectivity index (χ2n) is 7.10. The summed E-state index contributed by atoms with van der Waals surface area (Å²) in [6, 6.07) is 15.2. The van der Waals surface area contributed by atoms with E-state index in [9.17, 15) is 9.59 Å². The van der Waals surface area contributed by atoms with Crippen LogP contribution in [0.3, 0.4) is 0 Å². The molecule has 0 atom stereocenters. The number of aromatic nitrogens is 3. The first kappa shape index (κ1) is 18.0. The summed E-state index contributed by atoms with van der Waals surface area (Å²) >= 11 is 1.45. The largest absolute Gasteiger partial charge is 0.417 e. The summed E-state index contributed by atoms with van der Waals surface area (Å²) in [6.45, 7) is 0. The molecule has 0 spiro atoms. The lowest BCUT2D eigenvalue weighted by Crippen LogP contribution is -2.08. The van der Waals surface area contributed by atoms with Crippen LogP contribution in [0.25, 0.3) is 16.8 Å². The third kappa shape index (κ3) is 3.42. The molecule has 0 bridgehead atoms. The SMILES string of the molecule is O=C(CSc1nc2c(n1-c1ccccc1)CCCC2)c1ccc2[nH]c(=O)oc2c1. The van der Waals surface area contributed by atoms with E-state index in [0.29, 0.717) is 16.7 Å². The van der Waals surface area contributed by atoms with Crippen molar-refractivity contribution in [3.63, 3.8) is 0 Å². The highest BCUT2D eigenvalue weighted by atomic mass is 32.2. The third-order valence-corrected chi connectivity index (χ3v) is 6.13. The van der Waals surface area contributed by atoms with Gasteiger partial charge in [-0.3, -0.25) is 14.3 Å². The molecule has 6 nitrogen and oxygen atoms in total. The average molecular weight is 405 g/mol. The van der Waals surface area contributed by atoms with Gasteiger partial charge >= 0.3 is 5.76 Å². The van der Waals surface area contributed by atoms with Crippen molar-refractivity contribution in [1.29, 1.82) is 0 Å². The lowest BCUT2D eigenvalue weighted by atomic mass is 10.0. The Bertz CT molecular complexity index is 1250. The van der Waals surface area contributed by atoms with Gasteiger partial charge in [0.25, 0.3) is 0 Å². The lowest BCUT2D eigenvalue weighted by Gasteiger charge is -2.15. The summed E-state index contributed by atoms with van der Waals surface area (Å²) in [5.74, 6) is -0.279. The molecule has 2 aromatic heterocycles. The van der Waals surface area contributed by atoms with E-state index < -0.39 is 5.76 Å². The second kappa shape index (κ2) is 7.40. The van der Waals surface area contributed by atoms with E-state index in [-0.39, 0.29) is 11.5 Å². The number of aryl methyl sites for hydroxylation is 1. The van der Waals surface area contributed by atoms with Gasteiger partial charge in [-0.1, -0.05) is 30.0 Å². The van der Waals surface area contributed by atoms with E-state index in [1.807, 2.05) is 18.2 Å². The topological polar surface area (TPSA) is 80.9 Å². The van der Waals surface area contributed by atoms with Gasteiger partial charge in [-0.15, -0.1) is 0 Å². The fraction of sp³-hybridized carbons (Fsp3) is 0.227. The molecule has 4 aromatic rings. The minimum atomic E-state index is -0.519. The van der Waals surface area contributed by atoms with Crippen molar-refractivity contribution in [2.75, 3.05) is 5.75 Å². The summed E-state index contributed by atoms with van der Waals surface area (Å²) in [5, 5.41) is 0.853. The minimum absolute atomic E-state index is 0.0265.